The highest BCUT2D eigenvalue weighted by Gasteiger charge is 2.52. The first-order valence-electron chi connectivity index (χ1n) is 14.2. The third kappa shape index (κ3) is 8.41. The summed E-state index contributed by atoms with van der Waals surface area (Å²) in [5.41, 5.74) is 2.05. The maximum atomic E-state index is 11.7. The Morgan fingerprint density at radius 3 is 1.90 bits per heavy atom. The van der Waals surface area contributed by atoms with Crippen molar-refractivity contribution in [1.82, 2.24) is 0 Å². The second kappa shape index (κ2) is 14.0. The minimum Gasteiger partial charge on any atom is -0.497 e. The van der Waals surface area contributed by atoms with Crippen LogP contribution in [0.3, 0.4) is 0 Å². The maximum Gasteiger partial charge on any atom is 0.229 e. The van der Waals surface area contributed by atoms with Crippen molar-refractivity contribution in [3.05, 3.63) is 96.1 Å². The molecule has 3 aromatic rings. The quantitative estimate of drug-likeness (QED) is 0.250. The summed E-state index contributed by atoms with van der Waals surface area (Å²) in [5.74, 6) is 1.32. The van der Waals surface area contributed by atoms with Gasteiger partial charge in [-0.3, -0.25) is 0 Å². The van der Waals surface area contributed by atoms with Crippen molar-refractivity contribution < 1.29 is 33.2 Å². The fraction of sp³-hybridized carbons (Fsp3) is 0.455. The summed E-state index contributed by atoms with van der Waals surface area (Å²) in [7, 11) is -0.717. The van der Waals surface area contributed by atoms with Gasteiger partial charge in [-0.05, 0) is 53.5 Å². The van der Waals surface area contributed by atoms with Crippen LogP contribution in [0.2, 0.25) is 18.1 Å². The van der Waals surface area contributed by atoms with Crippen molar-refractivity contribution in [1.29, 1.82) is 0 Å². The average molecular weight is 581 g/mol. The number of hydrogen-bond donors (Lipinski definition) is 1. The van der Waals surface area contributed by atoms with Gasteiger partial charge in [-0.1, -0.05) is 81.4 Å². The molecule has 1 aliphatic rings. The van der Waals surface area contributed by atoms with Crippen LogP contribution in [0.15, 0.2) is 84.9 Å². The lowest BCUT2D eigenvalue weighted by Crippen LogP contribution is -2.64. The first kappa shape index (κ1) is 31.2. The SMILES string of the molecule is COc1ccc(O[C@@H]2O[C@H](COCc3ccccc3)[C@H](O)[C@H](O[Si](C)(C)C(C)(C)C)[C@H]2OCc2ccccc2)cc1. The molecule has 3 aromatic carbocycles. The van der Waals surface area contributed by atoms with Crippen LogP contribution in [0.4, 0.5) is 0 Å². The van der Waals surface area contributed by atoms with E-state index >= 15 is 0 Å². The van der Waals surface area contributed by atoms with E-state index in [0.717, 1.165) is 16.9 Å². The minimum atomic E-state index is -2.34. The van der Waals surface area contributed by atoms with E-state index in [1.54, 1.807) is 7.11 Å². The predicted octanol–water partition coefficient (Wildman–Crippen LogP) is 6.35. The molecule has 1 aliphatic heterocycles. The maximum absolute atomic E-state index is 11.7. The summed E-state index contributed by atoms with van der Waals surface area (Å²) in [6.07, 6.45) is -3.92. The topological polar surface area (TPSA) is 75.6 Å². The van der Waals surface area contributed by atoms with Crippen molar-refractivity contribution in [2.75, 3.05) is 13.7 Å². The zero-order valence-corrected chi connectivity index (χ0v) is 26.0. The van der Waals surface area contributed by atoms with Gasteiger partial charge in [0, 0.05) is 0 Å². The number of methoxy groups -OCH3 is 1. The monoisotopic (exact) mass is 580 g/mol. The molecule has 0 amide bonds. The van der Waals surface area contributed by atoms with Gasteiger partial charge >= 0.3 is 0 Å². The van der Waals surface area contributed by atoms with E-state index < -0.39 is 39.0 Å². The second-order valence-electron chi connectivity index (χ2n) is 11.9. The molecule has 5 atom stereocenters. The van der Waals surface area contributed by atoms with Crippen LogP contribution in [0.5, 0.6) is 11.5 Å². The minimum absolute atomic E-state index is 0.0827. The van der Waals surface area contributed by atoms with E-state index in [1.165, 1.54) is 0 Å². The van der Waals surface area contributed by atoms with Gasteiger partial charge in [0.2, 0.25) is 6.29 Å². The Hall–Kier alpha value is -2.72. The van der Waals surface area contributed by atoms with Gasteiger partial charge in [-0.2, -0.15) is 0 Å². The van der Waals surface area contributed by atoms with Crippen molar-refractivity contribution in [2.45, 2.75) is 82.8 Å². The fourth-order valence-corrected chi connectivity index (χ4v) is 5.68. The molecule has 0 unspecified atom stereocenters. The van der Waals surface area contributed by atoms with Gasteiger partial charge in [0.05, 0.1) is 26.9 Å². The Morgan fingerprint density at radius 1 is 0.780 bits per heavy atom. The largest absolute Gasteiger partial charge is 0.497 e. The standard InChI is InChI=1S/C33H44O7Si/c1-33(2,3)41(5,6)40-30-29(34)28(23-36-21-24-13-9-7-10-14-24)39-32(38-27-19-17-26(35-4)18-20-27)31(30)37-22-25-15-11-8-12-16-25/h7-20,28-32,34H,21-23H2,1-6H3/t28-,29+,30+,31-,32-/m1/s1. The highest BCUT2D eigenvalue weighted by atomic mass is 28.4. The molecule has 8 heteroatoms. The lowest BCUT2D eigenvalue weighted by atomic mass is 9.99. The summed E-state index contributed by atoms with van der Waals surface area (Å²) >= 11 is 0. The van der Waals surface area contributed by atoms with Crippen molar-refractivity contribution >= 4 is 8.32 Å². The molecule has 0 saturated carbocycles. The lowest BCUT2D eigenvalue weighted by Gasteiger charge is -2.48. The summed E-state index contributed by atoms with van der Waals surface area (Å²) < 4.78 is 37.5. The van der Waals surface area contributed by atoms with Crippen LogP contribution in [0.1, 0.15) is 31.9 Å². The Balaban J connectivity index is 1.61. The Labute approximate surface area is 245 Å². The average Bonchev–Trinajstić information content (AvgIpc) is 2.96. The molecule has 0 aromatic heterocycles. The van der Waals surface area contributed by atoms with Gasteiger partial charge in [-0.15, -0.1) is 0 Å². The number of ether oxygens (including phenoxy) is 5. The van der Waals surface area contributed by atoms with Crippen molar-refractivity contribution in [2.24, 2.45) is 0 Å². The van der Waals surface area contributed by atoms with Crippen LogP contribution >= 0.6 is 0 Å². The van der Waals surface area contributed by atoms with E-state index in [9.17, 15) is 5.11 Å². The molecule has 4 rings (SSSR count). The zero-order chi connectivity index (χ0) is 29.5. The van der Waals surface area contributed by atoms with E-state index in [0.29, 0.717) is 19.0 Å². The van der Waals surface area contributed by atoms with Gasteiger partial charge in [0.1, 0.15) is 35.9 Å². The van der Waals surface area contributed by atoms with E-state index in [2.05, 4.69) is 33.9 Å². The van der Waals surface area contributed by atoms with E-state index in [-0.39, 0.29) is 11.6 Å². The molecular formula is C33H44O7Si. The van der Waals surface area contributed by atoms with E-state index in [4.69, 9.17) is 28.1 Å². The Bertz CT molecular complexity index is 1180. The summed E-state index contributed by atoms with van der Waals surface area (Å²) in [6, 6.07) is 27.2. The smallest absolute Gasteiger partial charge is 0.229 e. The van der Waals surface area contributed by atoms with Crippen LogP contribution in [-0.4, -0.2) is 57.8 Å². The summed E-state index contributed by atoms with van der Waals surface area (Å²) in [5, 5.41) is 11.6. The molecule has 7 nitrogen and oxygen atoms in total. The summed E-state index contributed by atoms with van der Waals surface area (Å²) in [6.45, 7) is 11.8. The number of hydrogen-bond acceptors (Lipinski definition) is 7. The number of rotatable bonds is 12. The lowest BCUT2D eigenvalue weighted by molar-refractivity contribution is -0.289. The number of aliphatic hydroxyl groups is 1. The van der Waals surface area contributed by atoms with E-state index in [1.807, 2.05) is 84.9 Å². The highest BCUT2D eigenvalue weighted by Crippen LogP contribution is 2.40. The predicted molar refractivity (Wildman–Crippen MR) is 161 cm³/mol. The third-order valence-corrected chi connectivity index (χ3v) is 12.3. The van der Waals surface area contributed by atoms with Gasteiger partial charge < -0.3 is 33.2 Å². The molecule has 41 heavy (non-hydrogen) atoms. The van der Waals surface area contributed by atoms with Gasteiger partial charge in [0.15, 0.2) is 8.32 Å². The zero-order valence-electron chi connectivity index (χ0n) is 25.0. The molecule has 1 N–H and O–H groups in total. The normalized spacial score (nSPS) is 23.2. The Kier molecular flexibility index (Phi) is 10.6. The first-order chi connectivity index (χ1) is 19.6. The third-order valence-electron chi connectivity index (χ3n) is 7.85. The van der Waals surface area contributed by atoms with Crippen LogP contribution in [0.25, 0.3) is 0 Å². The molecule has 222 valence electrons. The molecule has 0 bridgehead atoms. The molecule has 0 radical (unpaired) electrons. The molecular weight excluding hydrogens is 536 g/mol. The van der Waals surface area contributed by atoms with Crippen LogP contribution < -0.4 is 9.47 Å². The summed E-state index contributed by atoms with van der Waals surface area (Å²) in [4.78, 5) is 0. The van der Waals surface area contributed by atoms with Crippen molar-refractivity contribution in [3.63, 3.8) is 0 Å². The van der Waals surface area contributed by atoms with Gasteiger partial charge in [0.25, 0.3) is 0 Å². The molecule has 0 aliphatic carbocycles. The molecule has 1 saturated heterocycles. The van der Waals surface area contributed by atoms with Crippen molar-refractivity contribution in [3.8, 4) is 11.5 Å². The van der Waals surface area contributed by atoms with Crippen LogP contribution in [0, 0.1) is 0 Å². The second-order valence-corrected chi connectivity index (χ2v) is 16.7. The molecule has 1 fully saturated rings. The molecule has 0 spiro atoms. The van der Waals surface area contributed by atoms with Crippen LogP contribution in [-0.2, 0) is 31.9 Å². The fourth-order valence-electron chi connectivity index (χ4n) is 4.37. The Morgan fingerprint density at radius 2 is 1.34 bits per heavy atom. The first-order valence-corrected chi connectivity index (χ1v) is 17.1. The number of aliphatic hydroxyl groups excluding tert-OH is 1. The molecule has 1 heterocycles. The highest BCUT2D eigenvalue weighted by molar-refractivity contribution is 6.74. The van der Waals surface area contributed by atoms with Gasteiger partial charge in [-0.25, -0.2) is 0 Å². The number of benzene rings is 3.